The fourth-order valence-corrected chi connectivity index (χ4v) is 2.17. The highest BCUT2D eigenvalue weighted by Crippen LogP contribution is 2.34. The Hall–Kier alpha value is 0.240. The molecule has 0 fully saturated rings. The summed E-state index contributed by atoms with van der Waals surface area (Å²) in [4.78, 5) is 10.1. The van der Waals surface area contributed by atoms with E-state index in [0.29, 0.717) is 0 Å². The number of allylic oxidation sites excluding steroid dienone is 1. The molecule has 1 aliphatic rings. The summed E-state index contributed by atoms with van der Waals surface area (Å²) < 4.78 is 1.09. The van der Waals surface area contributed by atoms with Crippen LogP contribution in [0.1, 0.15) is 6.42 Å². The van der Waals surface area contributed by atoms with Crippen LogP contribution in [-0.4, -0.2) is 11.5 Å². The van der Waals surface area contributed by atoms with E-state index in [1.165, 1.54) is 0 Å². The minimum absolute atomic E-state index is 0.171. The van der Waals surface area contributed by atoms with Gasteiger partial charge in [0.1, 0.15) is 6.29 Å². The quantitative estimate of drug-likeness (QED) is 0.592. The third-order valence-electron chi connectivity index (χ3n) is 0.926. The lowest BCUT2D eigenvalue weighted by atomic mass is 10.3. The third-order valence-corrected chi connectivity index (χ3v) is 2.81. The maximum atomic E-state index is 10.1. The smallest absolute Gasteiger partial charge is 0.133 e. The minimum atomic E-state index is 0.171. The highest BCUT2D eigenvalue weighted by atomic mass is 79.9. The van der Waals surface area contributed by atoms with Crippen LogP contribution in [0.25, 0.3) is 0 Å². The Labute approximate surface area is 60.7 Å². The first-order valence-electron chi connectivity index (χ1n) is 2.30. The molecule has 0 radical (unpaired) electrons. The highest BCUT2D eigenvalue weighted by molar-refractivity contribution is 9.14. The molecule has 0 aliphatic carbocycles. The number of hydrogen-bond donors (Lipinski definition) is 0. The van der Waals surface area contributed by atoms with E-state index in [1.54, 1.807) is 11.8 Å². The molecular weight excluding hydrogens is 188 g/mol. The van der Waals surface area contributed by atoms with E-state index in [2.05, 4.69) is 15.9 Å². The van der Waals surface area contributed by atoms with E-state index in [4.69, 9.17) is 0 Å². The lowest BCUT2D eigenvalue weighted by molar-refractivity contribution is -0.107. The molecule has 1 unspecified atom stereocenters. The SMILES string of the molecule is O=CC1CC=C(Br)S1. The van der Waals surface area contributed by atoms with Gasteiger partial charge in [0.05, 0.1) is 5.25 Å². The van der Waals surface area contributed by atoms with Crippen molar-refractivity contribution in [1.82, 2.24) is 0 Å². The zero-order valence-electron chi connectivity index (χ0n) is 4.13. The Morgan fingerprint density at radius 1 is 2.00 bits per heavy atom. The minimum Gasteiger partial charge on any atom is -0.302 e. The fraction of sp³-hybridized carbons (Fsp3) is 0.400. The standard InChI is InChI=1S/C5H5BrOS/c6-5-2-1-4(3-7)8-5/h2-4H,1H2. The Bertz CT molecular complexity index is 132. The van der Waals surface area contributed by atoms with E-state index >= 15 is 0 Å². The van der Waals surface area contributed by atoms with Gasteiger partial charge < -0.3 is 4.79 Å². The maximum Gasteiger partial charge on any atom is 0.133 e. The molecule has 0 amide bonds. The Morgan fingerprint density at radius 3 is 3.00 bits per heavy atom. The molecule has 8 heavy (non-hydrogen) atoms. The molecule has 1 aliphatic heterocycles. The first-order chi connectivity index (χ1) is 3.83. The Kier molecular flexibility index (Phi) is 2.14. The van der Waals surface area contributed by atoms with Crippen molar-refractivity contribution in [2.75, 3.05) is 0 Å². The van der Waals surface area contributed by atoms with Crippen LogP contribution in [0.2, 0.25) is 0 Å². The molecule has 0 spiro atoms. The van der Waals surface area contributed by atoms with E-state index in [9.17, 15) is 4.79 Å². The molecule has 1 nitrogen and oxygen atoms in total. The van der Waals surface area contributed by atoms with Crippen LogP contribution in [0.3, 0.4) is 0 Å². The third kappa shape index (κ3) is 1.36. The molecule has 0 aromatic carbocycles. The Morgan fingerprint density at radius 2 is 2.75 bits per heavy atom. The van der Waals surface area contributed by atoms with Crippen molar-refractivity contribution in [3.63, 3.8) is 0 Å². The van der Waals surface area contributed by atoms with Crippen LogP contribution in [0.5, 0.6) is 0 Å². The first-order valence-corrected chi connectivity index (χ1v) is 3.98. The molecule has 1 atom stereocenters. The van der Waals surface area contributed by atoms with Crippen LogP contribution >= 0.6 is 27.7 Å². The van der Waals surface area contributed by atoms with Gasteiger partial charge >= 0.3 is 0 Å². The molecule has 0 aromatic heterocycles. The van der Waals surface area contributed by atoms with Gasteiger partial charge in [-0.25, -0.2) is 0 Å². The summed E-state index contributed by atoms with van der Waals surface area (Å²) in [6.07, 6.45) is 3.88. The van der Waals surface area contributed by atoms with Gasteiger partial charge in [0.2, 0.25) is 0 Å². The monoisotopic (exact) mass is 192 g/mol. The summed E-state index contributed by atoms with van der Waals surface area (Å²) in [7, 11) is 0. The number of halogens is 1. The van der Waals surface area contributed by atoms with E-state index in [1.807, 2.05) is 6.08 Å². The van der Waals surface area contributed by atoms with Gasteiger partial charge in [-0.15, -0.1) is 11.8 Å². The van der Waals surface area contributed by atoms with Gasteiger partial charge in [-0.1, -0.05) is 6.08 Å². The number of hydrogen-bond acceptors (Lipinski definition) is 2. The second-order valence-electron chi connectivity index (χ2n) is 1.54. The second kappa shape index (κ2) is 2.69. The van der Waals surface area contributed by atoms with Crippen molar-refractivity contribution in [2.45, 2.75) is 11.7 Å². The van der Waals surface area contributed by atoms with Crippen LogP contribution in [0.4, 0.5) is 0 Å². The van der Waals surface area contributed by atoms with Crippen LogP contribution in [-0.2, 0) is 4.79 Å². The van der Waals surface area contributed by atoms with Gasteiger partial charge in [0, 0.05) is 3.81 Å². The molecule has 0 bridgehead atoms. The Balaban J connectivity index is 2.43. The first kappa shape index (κ1) is 6.36. The molecule has 44 valence electrons. The van der Waals surface area contributed by atoms with Crippen molar-refractivity contribution in [3.8, 4) is 0 Å². The maximum absolute atomic E-state index is 10.1. The summed E-state index contributed by atoms with van der Waals surface area (Å²) in [5.41, 5.74) is 0. The van der Waals surface area contributed by atoms with Crippen molar-refractivity contribution in [2.24, 2.45) is 0 Å². The lowest BCUT2D eigenvalue weighted by Crippen LogP contribution is -1.95. The van der Waals surface area contributed by atoms with E-state index in [-0.39, 0.29) is 5.25 Å². The number of rotatable bonds is 1. The molecule has 0 N–H and O–H groups in total. The summed E-state index contributed by atoms with van der Waals surface area (Å²) >= 11 is 4.86. The normalized spacial score (nSPS) is 27.6. The number of aldehydes is 1. The number of carbonyl (C=O) groups is 1. The zero-order valence-corrected chi connectivity index (χ0v) is 6.54. The van der Waals surface area contributed by atoms with Crippen LogP contribution in [0.15, 0.2) is 9.89 Å². The average molecular weight is 193 g/mol. The average Bonchev–Trinajstić information content (AvgIpc) is 2.14. The van der Waals surface area contributed by atoms with Gasteiger partial charge in [0.15, 0.2) is 0 Å². The highest BCUT2D eigenvalue weighted by Gasteiger charge is 2.13. The van der Waals surface area contributed by atoms with Gasteiger partial charge in [-0.05, 0) is 22.4 Å². The largest absolute Gasteiger partial charge is 0.302 e. The van der Waals surface area contributed by atoms with Gasteiger partial charge in [-0.2, -0.15) is 0 Å². The molecular formula is C5H5BrOS. The van der Waals surface area contributed by atoms with Gasteiger partial charge in [0.25, 0.3) is 0 Å². The van der Waals surface area contributed by atoms with Gasteiger partial charge in [-0.3, -0.25) is 0 Å². The van der Waals surface area contributed by atoms with Crippen LogP contribution in [0, 0.1) is 0 Å². The summed E-state index contributed by atoms with van der Waals surface area (Å²) in [5, 5.41) is 0.171. The zero-order chi connectivity index (χ0) is 5.98. The van der Waals surface area contributed by atoms with E-state index < -0.39 is 0 Å². The fourth-order valence-electron chi connectivity index (χ4n) is 0.533. The predicted molar refractivity (Wildman–Crippen MR) is 39.1 cm³/mol. The predicted octanol–water partition coefficient (Wildman–Crippen LogP) is 1.93. The summed E-state index contributed by atoms with van der Waals surface area (Å²) in [5.74, 6) is 0. The molecule has 0 aromatic rings. The second-order valence-corrected chi connectivity index (χ2v) is 4.20. The molecule has 1 heterocycles. The molecule has 0 saturated heterocycles. The molecule has 3 heteroatoms. The molecule has 1 rings (SSSR count). The number of thioether (sulfide) groups is 1. The topological polar surface area (TPSA) is 17.1 Å². The van der Waals surface area contributed by atoms with Crippen LogP contribution < -0.4 is 0 Å². The van der Waals surface area contributed by atoms with Crippen molar-refractivity contribution >= 4 is 34.0 Å². The van der Waals surface area contributed by atoms with Crippen molar-refractivity contribution in [3.05, 3.63) is 9.89 Å². The lowest BCUT2D eigenvalue weighted by Gasteiger charge is -1.92. The summed E-state index contributed by atoms with van der Waals surface area (Å²) in [6, 6.07) is 0. The number of carbonyl (C=O) groups excluding carboxylic acids is 1. The van der Waals surface area contributed by atoms with E-state index in [0.717, 1.165) is 16.5 Å². The summed E-state index contributed by atoms with van der Waals surface area (Å²) in [6.45, 7) is 0. The molecule has 0 saturated carbocycles. The van der Waals surface area contributed by atoms with Crippen molar-refractivity contribution < 1.29 is 4.79 Å². The van der Waals surface area contributed by atoms with Crippen molar-refractivity contribution in [1.29, 1.82) is 0 Å².